The third kappa shape index (κ3) is 6.63. The number of unbranched alkanes of at least 4 members (excludes halogenated alkanes) is 1. The highest BCUT2D eigenvalue weighted by Crippen LogP contribution is 2.22. The molecule has 2 rings (SSSR count). The van der Waals surface area contributed by atoms with Gasteiger partial charge in [-0.3, -0.25) is 9.89 Å². The Labute approximate surface area is 150 Å². The average Bonchev–Trinajstić information content (AvgIpc) is 2.64. The second-order valence-corrected chi connectivity index (χ2v) is 6.22. The quantitative estimate of drug-likeness (QED) is 0.430. The summed E-state index contributed by atoms with van der Waals surface area (Å²) in [5.41, 5.74) is 1.09. The number of halogens is 1. The highest BCUT2D eigenvalue weighted by Gasteiger charge is 2.22. The number of rotatable bonds is 8. The smallest absolute Gasteiger partial charge is 0.191 e. The molecule has 1 atom stereocenters. The normalized spacial score (nSPS) is 17.3. The summed E-state index contributed by atoms with van der Waals surface area (Å²) < 4.78 is 18.8. The molecule has 5 nitrogen and oxygen atoms in total. The molecule has 1 saturated heterocycles. The van der Waals surface area contributed by atoms with E-state index in [2.05, 4.69) is 29.4 Å². The molecule has 1 fully saturated rings. The molecule has 0 spiro atoms. The largest absolute Gasteiger partial charge is 0.379 e. The van der Waals surface area contributed by atoms with Crippen molar-refractivity contribution in [1.82, 2.24) is 15.5 Å². The molecular formula is C19H31FN4O. The van der Waals surface area contributed by atoms with Gasteiger partial charge in [0.1, 0.15) is 5.82 Å². The minimum Gasteiger partial charge on any atom is -0.379 e. The molecule has 1 aliphatic heterocycles. The molecule has 1 heterocycles. The van der Waals surface area contributed by atoms with Gasteiger partial charge in [-0.15, -0.1) is 0 Å². The molecule has 140 valence electrons. The van der Waals surface area contributed by atoms with E-state index in [9.17, 15) is 4.39 Å². The maximum Gasteiger partial charge on any atom is 0.191 e. The van der Waals surface area contributed by atoms with E-state index in [0.717, 1.165) is 63.8 Å². The molecule has 0 amide bonds. The van der Waals surface area contributed by atoms with Crippen LogP contribution < -0.4 is 10.6 Å². The van der Waals surface area contributed by atoms with Crippen LogP contribution in [0.2, 0.25) is 0 Å². The maximum atomic E-state index is 13.3. The number of ether oxygens (including phenoxy) is 1. The number of guanidine groups is 1. The minimum absolute atomic E-state index is 0.131. The van der Waals surface area contributed by atoms with Gasteiger partial charge in [-0.25, -0.2) is 4.39 Å². The van der Waals surface area contributed by atoms with Gasteiger partial charge in [-0.05, 0) is 31.0 Å². The summed E-state index contributed by atoms with van der Waals surface area (Å²) in [5, 5.41) is 6.67. The molecule has 0 saturated carbocycles. The topological polar surface area (TPSA) is 48.9 Å². The fourth-order valence-electron chi connectivity index (χ4n) is 2.91. The van der Waals surface area contributed by atoms with E-state index in [1.165, 1.54) is 12.1 Å². The van der Waals surface area contributed by atoms with Gasteiger partial charge in [0.2, 0.25) is 0 Å². The van der Waals surface area contributed by atoms with Crippen molar-refractivity contribution in [3.63, 3.8) is 0 Å². The number of hydrogen-bond donors (Lipinski definition) is 2. The second-order valence-electron chi connectivity index (χ2n) is 6.22. The van der Waals surface area contributed by atoms with Crippen LogP contribution >= 0.6 is 0 Å². The second kappa shape index (κ2) is 11.1. The molecular weight excluding hydrogens is 319 g/mol. The Bertz CT molecular complexity index is 515. The van der Waals surface area contributed by atoms with Gasteiger partial charge in [-0.2, -0.15) is 0 Å². The summed E-state index contributed by atoms with van der Waals surface area (Å²) in [7, 11) is 0. The van der Waals surface area contributed by atoms with Gasteiger partial charge in [0, 0.05) is 26.2 Å². The Balaban J connectivity index is 2.10. The molecule has 6 heteroatoms. The number of morpholine rings is 1. The van der Waals surface area contributed by atoms with E-state index in [1.54, 1.807) is 0 Å². The molecule has 0 aliphatic carbocycles. The molecule has 1 aliphatic rings. The molecule has 0 radical (unpaired) electrons. The maximum absolute atomic E-state index is 13.3. The van der Waals surface area contributed by atoms with E-state index in [4.69, 9.17) is 9.73 Å². The van der Waals surface area contributed by atoms with Crippen molar-refractivity contribution in [2.45, 2.75) is 32.7 Å². The van der Waals surface area contributed by atoms with Crippen LogP contribution in [0.5, 0.6) is 0 Å². The van der Waals surface area contributed by atoms with Gasteiger partial charge < -0.3 is 15.4 Å². The monoisotopic (exact) mass is 350 g/mol. The molecule has 0 aromatic heterocycles. The zero-order valence-corrected chi connectivity index (χ0v) is 15.4. The van der Waals surface area contributed by atoms with Crippen LogP contribution in [0.15, 0.2) is 29.3 Å². The van der Waals surface area contributed by atoms with E-state index in [1.807, 2.05) is 12.1 Å². The Morgan fingerprint density at radius 1 is 1.20 bits per heavy atom. The Hall–Kier alpha value is -1.66. The summed E-state index contributed by atoms with van der Waals surface area (Å²) in [6.07, 6.45) is 2.27. The zero-order valence-electron chi connectivity index (χ0n) is 15.4. The van der Waals surface area contributed by atoms with Crippen LogP contribution in [0.4, 0.5) is 4.39 Å². The van der Waals surface area contributed by atoms with Gasteiger partial charge in [0.15, 0.2) is 5.96 Å². The van der Waals surface area contributed by atoms with E-state index in [0.29, 0.717) is 6.54 Å². The average molecular weight is 350 g/mol. The minimum atomic E-state index is -0.206. The summed E-state index contributed by atoms with van der Waals surface area (Å²) in [6.45, 7) is 9.83. The van der Waals surface area contributed by atoms with E-state index < -0.39 is 0 Å². The fraction of sp³-hybridized carbons (Fsp3) is 0.632. The van der Waals surface area contributed by atoms with Crippen molar-refractivity contribution in [2.24, 2.45) is 4.99 Å². The van der Waals surface area contributed by atoms with Crippen molar-refractivity contribution in [3.05, 3.63) is 35.6 Å². The van der Waals surface area contributed by atoms with Crippen LogP contribution in [0.1, 0.15) is 38.3 Å². The SMILES string of the molecule is CCCCNC(=NCC(c1ccc(F)cc1)N1CCOCC1)NCC. The zero-order chi connectivity index (χ0) is 17.9. The standard InChI is InChI=1S/C19H31FN4O/c1-3-5-10-22-19(21-4-2)23-15-18(24-11-13-25-14-12-24)16-6-8-17(20)9-7-16/h6-9,18H,3-5,10-15H2,1-2H3,(H2,21,22,23). The lowest BCUT2D eigenvalue weighted by Gasteiger charge is -2.34. The highest BCUT2D eigenvalue weighted by atomic mass is 19.1. The van der Waals surface area contributed by atoms with Crippen LogP contribution in [-0.2, 0) is 4.74 Å². The molecule has 25 heavy (non-hydrogen) atoms. The Morgan fingerprint density at radius 3 is 2.56 bits per heavy atom. The van der Waals surface area contributed by atoms with Gasteiger partial charge >= 0.3 is 0 Å². The van der Waals surface area contributed by atoms with E-state index >= 15 is 0 Å². The fourth-order valence-corrected chi connectivity index (χ4v) is 2.91. The number of nitrogens with zero attached hydrogens (tertiary/aromatic N) is 2. The Kier molecular flexibility index (Phi) is 8.69. The first-order valence-electron chi connectivity index (χ1n) is 9.34. The van der Waals surface area contributed by atoms with Crippen molar-refractivity contribution in [3.8, 4) is 0 Å². The first-order chi connectivity index (χ1) is 12.2. The van der Waals surface area contributed by atoms with Crippen LogP contribution in [0, 0.1) is 5.82 Å². The summed E-state index contributed by atoms with van der Waals surface area (Å²) in [5.74, 6) is 0.638. The van der Waals surface area contributed by atoms with Crippen LogP contribution in [-0.4, -0.2) is 56.8 Å². The van der Waals surface area contributed by atoms with Crippen molar-refractivity contribution < 1.29 is 9.13 Å². The van der Waals surface area contributed by atoms with Crippen LogP contribution in [0.25, 0.3) is 0 Å². The summed E-state index contributed by atoms with van der Waals surface area (Å²) in [6, 6.07) is 6.91. The predicted octanol–water partition coefficient (Wildman–Crippen LogP) is 2.55. The number of nitrogens with one attached hydrogen (secondary N) is 2. The number of aliphatic imine (C=N–C) groups is 1. The first-order valence-corrected chi connectivity index (χ1v) is 9.34. The molecule has 1 aromatic rings. The van der Waals surface area contributed by atoms with Gasteiger partial charge in [-0.1, -0.05) is 25.5 Å². The van der Waals surface area contributed by atoms with Gasteiger partial charge in [0.25, 0.3) is 0 Å². The van der Waals surface area contributed by atoms with Crippen molar-refractivity contribution >= 4 is 5.96 Å². The lowest BCUT2D eigenvalue weighted by molar-refractivity contribution is 0.0179. The third-order valence-corrected chi connectivity index (χ3v) is 4.33. The summed E-state index contributed by atoms with van der Waals surface area (Å²) in [4.78, 5) is 7.15. The third-order valence-electron chi connectivity index (χ3n) is 4.33. The first kappa shape index (κ1) is 19.7. The summed E-state index contributed by atoms with van der Waals surface area (Å²) >= 11 is 0. The highest BCUT2D eigenvalue weighted by molar-refractivity contribution is 5.79. The van der Waals surface area contributed by atoms with Crippen molar-refractivity contribution in [2.75, 3.05) is 45.9 Å². The lowest BCUT2D eigenvalue weighted by Crippen LogP contribution is -2.42. The molecule has 1 unspecified atom stereocenters. The molecule has 0 bridgehead atoms. The predicted molar refractivity (Wildman–Crippen MR) is 100 cm³/mol. The lowest BCUT2D eigenvalue weighted by atomic mass is 10.0. The van der Waals surface area contributed by atoms with Crippen LogP contribution in [0.3, 0.4) is 0 Å². The molecule has 2 N–H and O–H groups in total. The Morgan fingerprint density at radius 2 is 1.92 bits per heavy atom. The number of benzene rings is 1. The van der Waals surface area contributed by atoms with Crippen molar-refractivity contribution in [1.29, 1.82) is 0 Å². The van der Waals surface area contributed by atoms with Gasteiger partial charge in [0.05, 0.1) is 25.8 Å². The molecule has 1 aromatic carbocycles. The van der Waals surface area contributed by atoms with E-state index in [-0.39, 0.29) is 11.9 Å². The number of hydrogen-bond acceptors (Lipinski definition) is 3.